The summed E-state index contributed by atoms with van der Waals surface area (Å²) in [7, 11) is -4.12. The number of non-ortho nitro benzene ring substituents is 1. The standard InChI is InChI=1S/C11H7Cl2N3O4S/c12-8-2-1-7(16(17)18)5-11(8)21(19,20)15-10-3-4-14-6-9(10)13/h1-6H,(H,14,15). The first kappa shape index (κ1) is 15.5. The second-order valence-electron chi connectivity index (χ2n) is 3.83. The quantitative estimate of drug-likeness (QED) is 0.676. The topological polar surface area (TPSA) is 102 Å². The zero-order valence-electron chi connectivity index (χ0n) is 10.2. The van der Waals surface area contributed by atoms with Crippen LogP contribution in [0.2, 0.25) is 10.0 Å². The largest absolute Gasteiger partial charge is 0.278 e. The van der Waals surface area contributed by atoms with Gasteiger partial charge in [0.05, 0.1) is 20.7 Å². The first-order valence-electron chi connectivity index (χ1n) is 5.37. The summed E-state index contributed by atoms with van der Waals surface area (Å²) in [6.45, 7) is 0. The number of nitrogens with one attached hydrogen (secondary N) is 1. The zero-order chi connectivity index (χ0) is 15.6. The lowest BCUT2D eigenvalue weighted by Crippen LogP contribution is -2.14. The number of sulfonamides is 1. The van der Waals surface area contributed by atoms with Gasteiger partial charge in [0.2, 0.25) is 0 Å². The van der Waals surface area contributed by atoms with E-state index in [1.54, 1.807) is 0 Å². The third kappa shape index (κ3) is 3.41. The number of benzene rings is 1. The summed E-state index contributed by atoms with van der Waals surface area (Å²) in [6, 6.07) is 4.48. The number of halogens is 2. The van der Waals surface area contributed by atoms with Gasteiger partial charge in [0.15, 0.2) is 0 Å². The van der Waals surface area contributed by atoms with Crippen LogP contribution in [0.4, 0.5) is 11.4 Å². The van der Waals surface area contributed by atoms with E-state index in [0.29, 0.717) is 0 Å². The Bertz CT molecular complexity index is 811. The van der Waals surface area contributed by atoms with E-state index >= 15 is 0 Å². The molecule has 0 amide bonds. The Balaban J connectivity index is 2.47. The van der Waals surface area contributed by atoms with Crippen LogP contribution in [-0.2, 0) is 10.0 Å². The maximum absolute atomic E-state index is 12.3. The maximum atomic E-state index is 12.3. The van der Waals surface area contributed by atoms with Crippen molar-refractivity contribution in [3.8, 4) is 0 Å². The van der Waals surface area contributed by atoms with Gasteiger partial charge < -0.3 is 0 Å². The van der Waals surface area contributed by atoms with E-state index in [0.717, 1.165) is 18.2 Å². The minimum Gasteiger partial charge on any atom is -0.278 e. The molecule has 0 unspecified atom stereocenters. The minimum absolute atomic E-state index is 0.0858. The molecule has 7 nitrogen and oxygen atoms in total. The Morgan fingerprint density at radius 2 is 1.90 bits per heavy atom. The molecular weight excluding hydrogens is 341 g/mol. The molecule has 0 saturated heterocycles. The number of anilines is 1. The van der Waals surface area contributed by atoms with Crippen molar-refractivity contribution >= 4 is 44.6 Å². The molecule has 0 atom stereocenters. The third-order valence-electron chi connectivity index (χ3n) is 2.43. The number of hydrogen-bond donors (Lipinski definition) is 1. The molecule has 10 heteroatoms. The molecule has 1 heterocycles. The van der Waals surface area contributed by atoms with Crippen LogP contribution in [0.5, 0.6) is 0 Å². The Kier molecular flexibility index (Phi) is 4.31. The van der Waals surface area contributed by atoms with Crippen molar-refractivity contribution < 1.29 is 13.3 Å². The van der Waals surface area contributed by atoms with Gasteiger partial charge in [-0.05, 0) is 12.1 Å². The molecule has 0 aliphatic rings. The normalized spacial score (nSPS) is 11.1. The Morgan fingerprint density at radius 3 is 2.52 bits per heavy atom. The second-order valence-corrected chi connectivity index (χ2v) is 6.30. The summed E-state index contributed by atoms with van der Waals surface area (Å²) in [6.07, 6.45) is 2.60. The van der Waals surface area contributed by atoms with Gasteiger partial charge in [0.25, 0.3) is 15.7 Å². The van der Waals surface area contributed by atoms with Gasteiger partial charge in [0, 0.05) is 24.5 Å². The van der Waals surface area contributed by atoms with Crippen LogP contribution in [0.1, 0.15) is 0 Å². The fourth-order valence-corrected chi connectivity index (χ4v) is 3.29. The van der Waals surface area contributed by atoms with Crippen molar-refractivity contribution in [1.29, 1.82) is 0 Å². The molecule has 0 aliphatic carbocycles. The average Bonchev–Trinajstić information content (AvgIpc) is 2.41. The summed E-state index contributed by atoms with van der Waals surface area (Å²) in [5, 5.41) is 10.7. The predicted molar refractivity (Wildman–Crippen MR) is 78.2 cm³/mol. The van der Waals surface area contributed by atoms with Crippen LogP contribution in [0.25, 0.3) is 0 Å². The SMILES string of the molecule is O=[N+]([O-])c1ccc(Cl)c(S(=O)(=O)Nc2ccncc2Cl)c1. The van der Waals surface area contributed by atoms with Crippen LogP contribution in [-0.4, -0.2) is 18.3 Å². The number of nitro groups is 1. The molecule has 0 fully saturated rings. The molecule has 0 bridgehead atoms. The zero-order valence-corrected chi connectivity index (χ0v) is 12.5. The van der Waals surface area contributed by atoms with Gasteiger partial charge in [0.1, 0.15) is 4.90 Å². The van der Waals surface area contributed by atoms with E-state index in [1.165, 1.54) is 18.5 Å². The van der Waals surface area contributed by atoms with Gasteiger partial charge in [-0.25, -0.2) is 8.42 Å². The van der Waals surface area contributed by atoms with Gasteiger partial charge in [-0.1, -0.05) is 23.2 Å². The monoisotopic (exact) mass is 347 g/mol. The van der Waals surface area contributed by atoms with E-state index in [2.05, 4.69) is 9.71 Å². The molecule has 1 aromatic heterocycles. The molecule has 0 radical (unpaired) electrons. The van der Waals surface area contributed by atoms with Crippen molar-refractivity contribution in [2.75, 3.05) is 4.72 Å². The molecule has 2 aromatic rings. The highest BCUT2D eigenvalue weighted by Crippen LogP contribution is 2.29. The van der Waals surface area contributed by atoms with Crippen molar-refractivity contribution in [3.63, 3.8) is 0 Å². The smallest absolute Gasteiger partial charge is 0.270 e. The Hall–Kier alpha value is -1.90. The van der Waals surface area contributed by atoms with Crippen LogP contribution in [0.15, 0.2) is 41.6 Å². The summed E-state index contributed by atoms with van der Waals surface area (Å²) in [5.41, 5.74) is -0.296. The molecule has 0 spiro atoms. The lowest BCUT2D eigenvalue weighted by atomic mass is 10.3. The van der Waals surface area contributed by atoms with E-state index < -0.39 is 19.8 Å². The first-order valence-corrected chi connectivity index (χ1v) is 7.61. The average molecular weight is 348 g/mol. The molecule has 1 aromatic carbocycles. The number of nitrogens with zero attached hydrogens (tertiary/aromatic N) is 2. The second kappa shape index (κ2) is 5.84. The Labute approximate surface area is 129 Å². The maximum Gasteiger partial charge on any atom is 0.270 e. The molecule has 110 valence electrons. The van der Waals surface area contributed by atoms with Gasteiger partial charge >= 0.3 is 0 Å². The van der Waals surface area contributed by atoms with Crippen molar-refractivity contribution in [2.45, 2.75) is 4.90 Å². The third-order valence-corrected chi connectivity index (χ3v) is 4.58. The van der Waals surface area contributed by atoms with Crippen LogP contribution in [0, 0.1) is 10.1 Å². The van der Waals surface area contributed by atoms with Crippen LogP contribution < -0.4 is 4.72 Å². The number of rotatable bonds is 4. The van der Waals surface area contributed by atoms with E-state index in [4.69, 9.17) is 23.2 Å². The van der Waals surface area contributed by atoms with Crippen LogP contribution >= 0.6 is 23.2 Å². The lowest BCUT2D eigenvalue weighted by molar-refractivity contribution is -0.385. The molecule has 21 heavy (non-hydrogen) atoms. The summed E-state index contributed by atoms with van der Waals surface area (Å²) in [4.78, 5) is 13.3. The molecule has 0 saturated carbocycles. The van der Waals surface area contributed by atoms with E-state index in [-0.39, 0.29) is 21.4 Å². The van der Waals surface area contributed by atoms with E-state index in [1.807, 2.05) is 0 Å². The highest BCUT2D eigenvalue weighted by molar-refractivity contribution is 7.92. The van der Waals surface area contributed by atoms with Crippen molar-refractivity contribution in [3.05, 3.63) is 56.8 Å². The van der Waals surface area contributed by atoms with E-state index in [9.17, 15) is 18.5 Å². The highest BCUT2D eigenvalue weighted by Gasteiger charge is 2.22. The fourth-order valence-electron chi connectivity index (χ4n) is 1.47. The number of aromatic nitrogens is 1. The summed E-state index contributed by atoms with van der Waals surface area (Å²) >= 11 is 11.6. The van der Waals surface area contributed by atoms with Gasteiger partial charge in [-0.3, -0.25) is 19.8 Å². The molecule has 0 aliphatic heterocycles. The number of pyridine rings is 1. The van der Waals surface area contributed by atoms with Crippen molar-refractivity contribution in [2.24, 2.45) is 0 Å². The van der Waals surface area contributed by atoms with Gasteiger partial charge in [-0.15, -0.1) is 0 Å². The molecular formula is C11H7Cl2N3O4S. The molecule has 2 rings (SSSR count). The predicted octanol–water partition coefficient (Wildman–Crippen LogP) is 3.10. The minimum atomic E-state index is -4.12. The number of hydrogen-bond acceptors (Lipinski definition) is 5. The lowest BCUT2D eigenvalue weighted by Gasteiger charge is -2.10. The molecule has 1 N–H and O–H groups in total. The first-order chi connectivity index (χ1) is 9.81. The Morgan fingerprint density at radius 1 is 1.19 bits per heavy atom. The summed E-state index contributed by atoms with van der Waals surface area (Å²) in [5.74, 6) is 0. The highest BCUT2D eigenvalue weighted by atomic mass is 35.5. The summed E-state index contributed by atoms with van der Waals surface area (Å²) < 4.78 is 26.7. The van der Waals surface area contributed by atoms with Crippen molar-refractivity contribution in [1.82, 2.24) is 4.98 Å². The van der Waals surface area contributed by atoms with Crippen LogP contribution in [0.3, 0.4) is 0 Å². The number of nitro benzene ring substituents is 1. The van der Waals surface area contributed by atoms with Gasteiger partial charge in [-0.2, -0.15) is 0 Å². The fraction of sp³-hybridized carbons (Fsp3) is 0.